The second-order valence-corrected chi connectivity index (χ2v) is 7.63. The fourth-order valence-electron chi connectivity index (χ4n) is 2.16. The quantitative estimate of drug-likeness (QED) is 0.517. The van der Waals surface area contributed by atoms with Crippen molar-refractivity contribution in [2.75, 3.05) is 0 Å². The zero-order valence-corrected chi connectivity index (χ0v) is 16.6. The number of nitrogens with zero attached hydrogens (tertiary/aromatic N) is 6. The lowest BCUT2D eigenvalue weighted by molar-refractivity contribution is 0.475. The van der Waals surface area contributed by atoms with Gasteiger partial charge in [-0.3, -0.25) is 4.68 Å². The van der Waals surface area contributed by atoms with E-state index in [-0.39, 0.29) is 0 Å². The third kappa shape index (κ3) is 3.97. The predicted octanol–water partition coefficient (Wildman–Crippen LogP) is 3.61. The summed E-state index contributed by atoms with van der Waals surface area (Å²) in [5.74, 6) is 1.15. The summed E-state index contributed by atoms with van der Waals surface area (Å²) in [4.78, 5) is 1.61. The average Bonchev–Trinajstić information content (AvgIpc) is 3.09. The highest BCUT2D eigenvalue weighted by Gasteiger charge is 2.15. The number of benzene rings is 1. The van der Waals surface area contributed by atoms with E-state index in [1.54, 1.807) is 4.80 Å². The van der Waals surface area contributed by atoms with E-state index in [0.717, 1.165) is 25.8 Å². The molecule has 6 nitrogen and oxygen atoms in total. The molecule has 0 atom stereocenters. The van der Waals surface area contributed by atoms with Crippen molar-refractivity contribution in [2.24, 2.45) is 5.92 Å². The molecule has 2 aromatic heterocycles. The van der Waals surface area contributed by atoms with E-state index in [2.05, 4.69) is 72.9 Å². The van der Waals surface area contributed by atoms with Crippen LogP contribution < -0.4 is 0 Å². The van der Waals surface area contributed by atoms with Gasteiger partial charge < -0.3 is 0 Å². The lowest BCUT2D eigenvalue weighted by Crippen LogP contribution is -2.07. The summed E-state index contributed by atoms with van der Waals surface area (Å²) in [5.41, 5.74) is 2.05. The molecule has 3 aromatic rings. The molecular weight excluding hydrogens is 471 g/mol. The molecule has 0 fully saturated rings. The maximum absolute atomic E-state index is 4.48. The van der Waals surface area contributed by atoms with Crippen molar-refractivity contribution < 1.29 is 0 Å². The zero-order valence-electron chi connectivity index (χ0n) is 12.8. The number of aromatic nitrogens is 6. The van der Waals surface area contributed by atoms with Gasteiger partial charge in [0.1, 0.15) is 3.70 Å². The number of tetrazole rings is 1. The minimum Gasteiger partial charge on any atom is -0.258 e. The Balaban J connectivity index is 1.79. The van der Waals surface area contributed by atoms with Crippen LogP contribution in [0.15, 0.2) is 34.9 Å². The van der Waals surface area contributed by atoms with Crippen LogP contribution in [0.25, 0.3) is 11.4 Å². The van der Waals surface area contributed by atoms with Gasteiger partial charge in [-0.25, -0.2) is 0 Å². The van der Waals surface area contributed by atoms with Gasteiger partial charge in [-0.15, -0.1) is 10.2 Å². The van der Waals surface area contributed by atoms with Gasteiger partial charge in [-0.1, -0.05) is 41.9 Å². The molecule has 0 aliphatic rings. The Hall–Kier alpha value is -1.29. The summed E-state index contributed by atoms with van der Waals surface area (Å²) in [5, 5.41) is 17.2. The van der Waals surface area contributed by atoms with Gasteiger partial charge in [-0.05, 0) is 51.4 Å². The summed E-state index contributed by atoms with van der Waals surface area (Å²) >= 11 is 5.72. The third-order valence-corrected chi connectivity index (χ3v) is 4.91. The van der Waals surface area contributed by atoms with Crippen LogP contribution in [0.3, 0.4) is 0 Å². The summed E-state index contributed by atoms with van der Waals surface area (Å²) in [6, 6.07) is 8.09. The first-order valence-electron chi connectivity index (χ1n) is 7.27. The molecule has 23 heavy (non-hydrogen) atoms. The van der Waals surface area contributed by atoms with E-state index in [4.69, 9.17) is 0 Å². The molecule has 0 saturated carbocycles. The Bertz CT molecular complexity index is 793. The zero-order chi connectivity index (χ0) is 16.4. The van der Waals surface area contributed by atoms with E-state index >= 15 is 0 Å². The molecular formula is C15H16BrIN6. The van der Waals surface area contributed by atoms with Crippen molar-refractivity contribution in [1.29, 1.82) is 0 Å². The van der Waals surface area contributed by atoms with Gasteiger partial charge in [-0.2, -0.15) is 9.90 Å². The Morgan fingerprint density at radius 1 is 1.22 bits per heavy atom. The highest BCUT2D eigenvalue weighted by molar-refractivity contribution is 14.1. The fraction of sp³-hybridized carbons (Fsp3) is 0.333. The minimum absolute atomic E-state index is 0.539. The van der Waals surface area contributed by atoms with Crippen LogP contribution in [0.2, 0.25) is 0 Å². The molecule has 0 bridgehead atoms. The van der Waals surface area contributed by atoms with Crippen molar-refractivity contribution in [3.63, 3.8) is 0 Å². The second kappa shape index (κ2) is 7.08. The van der Waals surface area contributed by atoms with Crippen molar-refractivity contribution in [1.82, 2.24) is 30.0 Å². The summed E-state index contributed by atoms with van der Waals surface area (Å²) in [6.07, 6.45) is 1.81. The van der Waals surface area contributed by atoms with E-state index in [9.17, 15) is 0 Å². The molecule has 8 heteroatoms. The standard InChI is InChI=1S/C15H16BrIN6/c1-10(2)8-22-14(17)13(7-18-22)15-19-21-23(20-15)9-11-3-5-12(16)6-4-11/h3-7,10H,8-9H2,1-2H3. The smallest absolute Gasteiger partial charge is 0.209 e. The Morgan fingerprint density at radius 3 is 2.65 bits per heavy atom. The molecule has 0 radical (unpaired) electrons. The minimum atomic E-state index is 0.539. The van der Waals surface area contributed by atoms with Crippen LogP contribution in [-0.2, 0) is 13.1 Å². The summed E-state index contributed by atoms with van der Waals surface area (Å²) in [7, 11) is 0. The number of hydrogen-bond donors (Lipinski definition) is 0. The SMILES string of the molecule is CC(C)Cn1ncc(-c2nnn(Cc3ccc(Br)cc3)n2)c1I. The van der Waals surface area contributed by atoms with Gasteiger partial charge in [0.25, 0.3) is 0 Å². The van der Waals surface area contributed by atoms with Gasteiger partial charge in [0, 0.05) is 11.0 Å². The van der Waals surface area contributed by atoms with Gasteiger partial charge in [0.2, 0.25) is 5.82 Å². The van der Waals surface area contributed by atoms with Gasteiger partial charge in [0.15, 0.2) is 0 Å². The normalized spacial score (nSPS) is 11.3. The van der Waals surface area contributed by atoms with E-state index < -0.39 is 0 Å². The molecule has 0 aliphatic carbocycles. The van der Waals surface area contributed by atoms with E-state index in [1.165, 1.54) is 0 Å². The maximum Gasteiger partial charge on any atom is 0.209 e. The molecule has 3 rings (SSSR count). The molecule has 0 unspecified atom stereocenters. The second-order valence-electron chi connectivity index (χ2n) is 5.69. The van der Waals surface area contributed by atoms with Gasteiger partial charge in [0.05, 0.1) is 18.3 Å². The maximum atomic E-state index is 4.48. The van der Waals surface area contributed by atoms with Crippen LogP contribution in [0, 0.1) is 9.62 Å². The predicted molar refractivity (Wildman–Crippen MR) is 99.8 cm³/mol. The molecule has 2 heterocycles. The first-order chi connectivity index (χ1) is 11.0. The van der Waals surface area contributed by atoms with Gasteiger partial charge >= 0.3 is 0 Å². The Morgan fingerprint density at radius 2 is 1.96 bits per heavy atom. The molecule has 0 spiro atoms. The van der Waals surface area contributed by atoms with E-state index in [0.29, 0.717) is 18.3 Å². The Kier molecular flexibility index (Phi) is 5.10. The van der Waals surface area contributed by atoms with Crippen molar-refractivity contribution in [3.8, 4) is 11.4 Å². The lowest BCUT2D eigenvalue weighted by Gasteiger charge is -2.05. The fourth-order valence-corrected chi connectivity index (χ4v) is 3.13. The summed E-state index contributed by atoms with van der Waals surface area (Å²) < 4.78 is 4.08. The molecule has 120 valence electrons. The molecule has 0 aliphatic heterocycles. The topological polar surface area (TPSA) is 61.4 Å². The molecule has 0 N–H and O–H groups in total. The van der Waals surface area contributed by atoms with Crippen LogP contribution in [0.4, 0.5) is 0 Å². The monoisotopic (exact) mass is 486 g/mol. The van der Waals surface area contributed by atoms with Crippen LogP contribution >= 0.6 is 38.5 Å². The van der Waals surface area contributed by atoms with Crippen LogP contribution in [0.5, 0.6) is 0 Å². The number of halogens is 2. The van der Waals surface area contributed by atoms with Crippen molar-refractivity contribution in [3.05, 3.63) is 44.2 Å². The first-order valence-corrected chi connectivity index (χ1v) is 9.14. The Labute approximate surface area is 156 Å². The largest absolute Gasteiger partial charge is 0.258 e. The van der Waals surface area contributed by atoms with E-state index in [1.807, 2.05) is 35.1 Å². The first kappa shape index (κ1) is 16.6. The van der Waals surface area contributed by atoms with Crippen LogP contribution in [-0.4, -0.2) is 30.0 Å². The molecule has 0 saturated heterocycles. The summed E-state index contributed by atoms with van der Waals surface area (Å²) in [6.45, 7) is 5.82. The highest BCUT2D eigenvalue weighted by Crippen LogP contribution is 2.22. The third-order valence-electron chi connectivity index (χ3n) is 3.24. The molecule has 1 aromatic carbocycles. The number of hydrogen-bond acceptors (Lipinski definition) is 4. The average molecular weight is 487 g/mol. The van der Waals surface area contributed by atoms with Crippen LogP contribution in [0.1, 0.15) is 19.4 Å². The lowest BCUT2D eigenvalue weighted by atomic mass is 10.2. The number of rotatable bonds is 5. The van der Waals surface area contributed by atoms with Crippen molar-refractivity contribution in [2.45, 2.75) is 26.9 Å². The molecule has 0 amide bonds. The van der Waals surface area contributed by atoms with Crippen molar-refractivity contribution >= 4 is 38.5 Å². The highest BCUT2D eigenvalue weighted by atomic mass is 127.